The van der Waals surface area contributed by atoms with Gasteiger partial charge in [-0.1, -0.05) is 12.2 Å². The van der Waals surface area contributed by atoms with E-state index in [-0.39, 0.29) is 5.60 Å². The van der Waals surface area contributed by atoms with Gasteiger partial charge in [-0.05, 0) is 51.7 Å². The van der Waals surface area contributed by atoms with Gasteiger partial charge >= 0.3 is 0 Å². The first-order valence-corrected chi connectivity index (χ1v) is 7.01. The highest BCUT2D eigenvalue weighted by molar-refractivity contribution is 5.24. The van der Waals surface area contributed by atoms with Crippen LogP contribution < -0.4 is 5.32 Å². The molecule has 2 spiro atoms. The van der Waals surface area contributed by atoms with Crippen LogP contribution in [-0.2, 0) is 4.74 Å². The van der Waals surface area contributed by atoms with Crippen LogP contribution in [0.25, 0.3) is 0 Å². The molecule has 3 nitrogen and oxygen atoms in total. The van der Waals surface area contributed by atoms with Gasteiger partial charge in [-0.3, -0.25) is 0 Å². The van der Waals surface area contributed by atoms with Crippen molar-refractivity contribution in [3.63, 3.8) is 0 Å². The van der Waals surface area contributed by atoms with Crippen LogP contribution in [0.4, 0.5) is 0 Å². The largest absolute Gasteiger partial charge is 0.362 e. The molecular formula is C14H22N2O. The molecule has 0 aromatic carbocycles. The second-order valence-corrected chi connectivity index (χ2v) is 6.54. The minimum atomic E-state index is 0.0687. The average Bonchev–Trinajstić information content (AvgIpc) is 2.89. The van der Waals surface area contributed by atoms with Gasteiger partial charge in [0.1, 0.15) is 5.60 Å². The third-order valence-electron chi connectivity index (χ3n) is 5.49. The maximum atomic E-state index is 6.13. The van der Waals surface area contributed by atoms with E-state index in [9.17, 15) is 0 Å². The van der Waals surface area contributed by atoms with Crippen molar-refractivity contribution in [1.82, 2.24) is 10.2 Å². The van der Waals surface area contributed by atoms with Gasteiger partial charge in [-0.25, -0.2) is 0 Å². The van der Waals surface area contributed by atoms with Gasteiger partial charge in [0.15, 0.2) is 0 Å². The van der Waals surface area contributed by atoms with Gasteiger partial charge in [0.2, 0.25) is 0 Å². The molecule has 4 aliphatic heterocycles. The molecule has 4 heterocycles. The normalized spacial score (nSPS) is 47.6. The molecule has 0 amide bonds. The molecule has 0 aromatic heterocycles. The number of hydrogen-bond acceptors (Lipinski definition) is 3. The van der Waals surface area contributed by atoms with Gasteiger partial charge in [0.05, 0.1) is 6.10 Å². The van der Waals surface area contributed by atoms with Gasteiger partial charge in [0.25, 0.3) is 0 Å². The Kier molecular flexibility index (Phi) is 2.07. The van der Waals surface area contributed by atoms with Crippen molar-refractivity contribution >= 4 is 0 Å². The van der Waals surface area contributed by atoms with E-state index in [0.29, 0.717) is 11.6 Å². The lowest BCUT2D eigenvalue weighted by atomic mass is 9.68. The van der Waals surface area contributed by atoms with Crippen LogP contribution in [0, 0.1) is 5.92 Å². The number of hydrogen-bond donors (Lipinski definition) is 1. The summed E-state index contributed by atoms with van der Waals surface area (Å²) in [7, 11) is 2.24. The third-order valence-corrected chi connectivity index (χ3v) is 5.49. The summed E-state index contributed by atoms with van der Waals surface area (Å²) in [6, 6.07) is 0. The van der Waals surface area contributed by atoms with E-state index >= 15 is 0 Å². The van der Waals surface area contributed by atoms with E-state index in [1.165, 1.54) is 38.8 Å². The third kappa shape index (κ3) is 1.46. The summed E-state index contributed by atoms with van der Waals surface area (Å²) < 4.78 is 6.13. The molecule has 0 aliphatic carbocycles. The fraction of sp³-hybridized carbons (Fsp3) is 0.857. The molecule has 0 saturated carbocycles. The number of nitrogens with zero attached hydrogens (tertiary/aromatic N) is 1. The molecule has 94 valence electrons. The van der Waals surface area contributed by atoms with Crippen molar-refractivity contribution < 1.29 is 4.74 Å². The zero-order chi connectivity index (χ0) is 11.5. The molecular weight excluding hydrogens is 212 g/mol. The monoisotopic (exact) mass is 234 g/mol. The first kappa shape index (κ1) is 10.5. The highest BCUT2D eigenvalue weighted by Gasteiger charge is 2.56. The summed E-state index contributed by atoms with van der Waals surface area (Å²) in [4.78, 5) is 2.45. The molecule has 3 fully saturated rings. The average molecular weight is 234 g/mol. The number of nitrogens with one attached hydrogen (secondary N) is 1. The highest BCUT2D eigenvalue weighted by Crippen LogP contribution is 2.50. The molecule has 3 atom stereocenters. The Morgan fingerprint density at radius 3 is 2.94 bits per heavy atom. The van der Waals surface area contributed by atoms with Gasteiger partial charge in [-0.2, -0.15) is 0 Å². The molecule has 2 bridgehead atoms. The summed E-state index contributed by atoms with van der Waals surface area (Å²) in [5.74, 6) is 0.766. The van der Waals surface area contributed by atoms with Crippen molar-refractivity contribution in [2.45, 2.75) is 42.9 Å². The molecule has 3 heteroatoms. The second-order valence-electron chi connectivity index (χ2n) is 6.54. The minimum Gasteiger partial charge on any atom is -0.362 e. The zero-order valence-electron chi connectivity index (χ0n) is 10.6. The van der Waals surface area contributed by atoms with Crippen LogP contribution >= 0.6 is 0 Å². The van der Waals surface area contributed by atoms with Crippen LogP contribution in [0.5, 0.6) is 0 Å². The number of ether oxygens (including phenoxy) is 1. The molecule has 3 saturated heterocycles. The van der Waals surface area contributed by atoms with E-state index in [1.54, 1.807) is 0 Å². The molecule has 1 N–H and O–H groups in total. The predicted molar refractivity (Wildman–Crippen MR) is 66.9 cm³/mol. The SMILES string of the molecule is CN1CCC2(CC1)C[C@H]1C[C@@H]3C=C[C@@]1(CN2)O3. The Hall–Kier alpha value is -0.380. The van der Waals surface area contributed by atoms with Crippen molar-refractivity contribution in [3.8, 4) is 0 Å². The Morgan fingerprint density at radius 2 is 2.18 bits per heavy atom. The fourth-order valence-corrected chi connectivity index (χ4v) is 4.27. The number of rotatable bonds is 0. The summed E-state index contributed by atoms with van der Waals surface area (Å²) >= 11 is 0. The Labute approximate surface area is 103 Å². The standard InChI is InChI=1S/C14H22N2O/c1-16-6-4-13(5-7-16)9-11-8-12-2-3-14(11,17-12)10-15-13/h2-3,11-12,15H,4-10H2,1H3/t11-,12+,14+/m1/s1. The van der Waals surface area contributed by atoms with Crippen LogP contribution in [0.3, 0.4) is 0 Å². The van der Waals surface area contributed by atoms with E-state index in [0.717, 1.165) is 12.5 Å². The molecule has 17 heavy (non-hydrogen) atoms. The summed E-state index contributed by atoms with van der Waals surface area (Å²) in [6.45, 7) is 3.52. The number of piperidine rings is 2. The van der Waals surface area contributed by atoms with Crippen molar-refractivity contribution in [2.24, 2.45) is 5.92 Å². The van der Waals surface area contributed by atoms with E-state index in [4.69, 9.17) is 4.74 Å². The highest BCUT2D eigenvalue weighted by atomic mass is 16.5. The molecule has 0 radical (unpaired) electrons. The first-order valence-electron chi connectivity index (χ1n) is 7.01. The van der Waals surface area contributed by atoms with Gasteiger partial charge in [0, 0.05) is 12.1 Å². The maximum absolute atomic E-state index is 6.13. The van der Waals surface area contributed by atoms with Crippen LogP contribution in [0.2, 0.25) is 0 Å². The lowest BCUT2D eigenvalue weighted by Crippen LogP contribution is -2.63. The molecule has 0 unspecified atom stereocenters. The quantitative estimate of drug-likeness (QED) is 0.637. The van der Waals surface area contributed by atoms with E-state index in [2.05, 4.69) is 29.4 Å². The zero-order valence-corrected chi connectivity index (χ0v) is 10.6. The predicted octanol–water partition coefficient (Wildman–Crippen LogP) is 1.16. The van der Waals surface area contributed by atoms with Crippen LogP contribution in [-0.4, -0.2) is 48.8 Å². The van der Waals surface area contributed by atoms with Gasteiger partial charge < -0.3 is 15.0 Å². The van der Waals surface area contributed by atoms with Crippen molar-refractivity contribution in [2.75, 3.05) is 26.7 Å². The van der Waals surface area contributed by atoms with Crippen molar-refractivity contribution in [1.29, 1.82) is 0 Å². The molecule has 4 aliphatic rings. The minimum absolute atomic E-state index is 0.0687. The Bertz CT molecular complexity index is 359. The topological polar surface area (TPSA) is 24.5 Å². The lowest BCUT2D eigenvalue weighted by molar-refractivity contribution is -0.0321. The summed E-state index contributed by atoms with van der Waals surface area (Å²) in [5.41, 5.74) is 0.489. The van der Waals surface area contributed by atoms with Crippen molar-refractivity contribution in [3.05, 3.63) is 12.2 Å². The lowest BCUT2D eigenvalue weighted by Gasteiger charge is -2.50. The second kappa shape index (κ2) is 3.34. The number of fused-ring (bicyclic) bond motifs is 1. The number of likely N-dealkylation sites (tertiary alicyclic amines) is 1. The van der Waals surface area contributed by atoms with Crippen LogP contribution in [0.1, 0.15) is 25.7 Å². The van der Waals surface area contributed by atoms with Crippen LogP contribution in [0.15, 0.2) is 12.2 Å². The summed E-state index contributed by atoms with van der Waals surface area (Å²) in [6.07, 6.45) is 10.2. The van der Waals surface area contributed by atoms with E-state index < -0.39 is 0 Å². The van der Waals surface area contributed by atoms with E-state index in [1.807, 2.05) is 0 Å². The maximum Gasteiger partial charge on any atom is 0.102 e. The molecule has 4 rings (SSSR count). The Balaban J connectivity index is 1.54. The molecule has 0 aromatic rings. The van der Waals surface area contributed by atoms with Gasteiger partial charge in [-0.15, -0.1) is 0 Å². The summed E-state index contributed by atoms with van der Waals surface area (Å²) in [5, 5.41) is 3.84. The first-order chi connectivity index (χ1) is 8.20. The smallest absolute Gasteiger partial charge is 0.102 e. The Morgan fingerprint density at radius 1 is 1.35 bits per heavy atom. The fourth-order valence-electron chi connectivity index (χ4n) is 4.27.